The van der Waals surface area contributed by atoms with Crippen LogP contribution in [0.2, 0.25) is 0 Å². The Bertz CT molecular complexity index is 699. The lowest BCUT2D eigenvalue weighted by Gasteiger charge is -2.32. The van der Waals surface area contributed by atoms with Gasteiger partial charge in [0.2, 0.25) is 0 Å². The van der Waals surface area contributed by atoms with Crippen LogP contribution < -0.4 is 10.6 Å². The van der Waals surface area contributed by atoms with Crippen molar-refractivity contribution in [2.24, 2.45) is 4.99 Å². The monoisotopic (exact) mass is 356 g/mol. The molecule has 0 bridgehead atoms. The van der Waals surface area contributed by atoms with Gasteiger partial charge in [-0.05, 0) is 44.4 Å². The molecule has 2 aromatic rings. The smallest absolute Gasteiger partial charge is 0.191 e. The van der Waals surface area contributed by atoms with E-state index in [1.807, 2.05) is 19.4 Å². The summed E-state index contributed by atoms with van der Waals surface area (Å²) in [6.45, 7) is 7.72. The summed E-state index contributed by atoms with van der Waals surface area (Å²) in [6.07, 6.45) is 6.61. The average molecular weight is 357 g/mol. The van der Waals surface area contributed by atoms with E-state index in [-0.39, 0.29) is 0 Å². The number of nitrogens with one attached hydrogen (secondary N) is 2. The lowest BCUT2D eigenvalue weighted by atomic mass is 10.1. The van der Waals surface area contributed by atoms with Crippen molar-refractivity contribution in [2.75, 3.05) is 33.2 Å². The first-order valence-electron chi connectivity index (χ1n) is 9.89. The molecule has 1 saturated heterocycles. The molecule has 26 heavy (non-hydrogen) atoms. The summed E-state index contributed by atoms with van der Waals surface area (Å²) < 4.78 is 2.22. The zero-order chi connectivity index (χ0) is 18.2. The second-order valence-corrected chi connectivity index (χ2v) is 7.04. The van der Waals surface area contributed by atoms with Crippen LogP contribution in [-0.2, 0) is 6.54 Å². The molecule has 0 spiro atoms. The molecule has 3 rings (SSSR count). The Morgan fingerprint density at radius 3 is 2.81 bits per heavy atom. The molecule has 0 unspecified atom stereocenters. The number of aryl methyl sites for hydroxylation is 1. The quantitative estimate of drug-likeness (QED) is 0.455. The maximum absolute atomic E-state index is 4.45. The number of hydrogen-bond acceptors (Lipinski definition) is 3. The van der Waals surface area contributed by atoms with E-state index in [1.54, 1.807) is 0 Å². The second kappa shape index (κ2) is 9.57. The van der Waals surface area contributed by atoms with Crippen LogP contribution in [-0.4, -0.2) is 59.7 Å². The highest BCUT2D eigenvalue weighted by atomic mass is 15.2. The van der Waals surface area contributed by atoms with Crippen LogP contribution in [0.15, 0.2) is 35.6 Å². The number of aromatic nitrogens is 2. The molecule has 0 atom stereocenters. The van der Waals surface area contributed by atoms with Crippen LogP contribution in [0.3, 0.4) is 0 Å². The predicted octanol–water partition coefficient (Wildman–Crippen LogP) is 2.47. The average Bonchev–Trinajstić information content (AvgIpc) is 3.09. The molecule has 1 aromatic carbocycles. The first-order valence-corrected chi connectivity index (χ1v) is 9.89. The Kier molecular flexibility index (Phi) is 6.89. The Hall–Kier alpha value is -2.08. The molecule has 2 N–H and O–H groups in total. The van der Waals surface area contributed by atoms with Crippen molar-refractivity contribution in [1.29, 1.82) is 0 Å². The highest BCUT2D eigenvalue weighted by Crippen LogP contribution is 2.12. The molecule has 0 aliphatic carbocycles. The van der Waals surface area contributed by atoms with Crippen LogP contribution in [0.25, 0.3) is 11.0 Å². The van der Waals surface area contributed by atoms with Gasteiger partial charge in [-0.1, -0.05) is 19.1 Å². The molecule has 142 valence electrons. The van der Waals surface area contributed by atoms with E-state index < -0.39 is 0 Å². The van der Waals surface area contributed by atoms with Crippen LogP contribution in [0.5, 0.6) is 0 Å². The van der Waals surface area contributed by atoms with Crippen LogP contribution >= 0.6 is 0 Å². The number of aliphatic imine (C=N–C) groups is 1. The topological polar surface area (TPSA) is 57.5 Å². The summed E-state index contributed by atoms with van der Waals surface area (Å²) in [4.78, 5) is 11.4. The number of hydrogen-bond donors (Lipinski definition) is 2. The number of imidazole rings is 1. The Morgan fingerprint density at radius 1 is 1.23 bits per heavy atom. The first-order chi connectivity index (χ1) is 12.8. The molecule has 6 heteroatoms. The molecule has 0 saturated carbocycles. The minimum Gasteiger partial charge on any atom is -0.356 e. The van der Waals surface area contributed by atoms with Gasteiger partial charge < -0.3 is 20.1 Å². The third kappa shape index (κ3) is 4.97. The first kappa shape index (κ1) is 18.7. The Morgan fingerprint density at radius 2 is 2.04 bits per heavy atom. The number of likely N-dealkylation sites (tertiary alicyclic amines) is 1. The number of rotatable bonds is 7. The summed E-state index contributed by atoms with van der Waals surface area (Å²) >= 11 is 0. The molecular formula is C20H32N6. The minimum absolute atomic E-state index is 0.534. The van der Waals surface area contributed by atoms with Crippen molar-refractivity contribution in [3.63, 3.8) is 0 Å². The fourth-order valence-corrected chi connectivity index (χ4v) is 3.65. The third-order valence-electron chi connectivity index (χ3n) is 5.09. The van der Waals surface area contributed by atoms with E-state index in [4.69, 9.17) is 0 Å². The number of piperidine rings is 1. The molecule has 1 aliphatic heterocycles. The summed E-state index contributed by atoms with van der Waals surface area (Å²) in [5.41, 5.74) is 2.26. The van der Waals surface area contributed by atoms with Gasteiger partial charge in [0, 0.05) is 39.3 Å². The van der Waals surface area contributed by atoms with E-state index in [0.717, 1.165) is 31.0 Å². The van der Waals surface area contributed by atoms with Crippen LogP contribution in [0, 0.1) is 0 Å². The van der Waals surface area contributed by atoms with Crippen molar-refractivity contribution >= 4 is 17.0 Å². The zero-order valence-corrected chi connectivity index (χ0v) is 16.1. The fourth-order valence-electron chi connectivity index (χ4n) is 3.65. The van der Waals surface area contributed by atoms with Gasteiger partial charge in [0.1, 0.15) is 0 Å². The molecule has 0 amide bonds. The van der Waals surface area contributed by atoms with Gasteiger partial charge in [-0.2, -0.15) is 0 Å². The van der Waals surface area contributed by atoms with Crippen molar-refractivity contribution in [3.05, 3.63) is 30.6 Å². The van der Waals surface area contributed by atoms with Crippen molar-refractivity contribution < 1.29 is 0 Å². The van der Waals surface area contributed by atoms with E-state index >= 15 is 0 Å². The van der Waals surface area contributed by atoms with Gasteiger partial charge >= 0.3 is 0 Å². The SMILES string of the molecule is CCCN1CCC(NC(=NC)NCCCn2cnc3ccccc32)CC1. The van der Waals surface area contributed by atoms with Gasteiger partial charge in [-0.25, -0.2) is 4.98 Å². The number of fused-ring (bicyclic) bond motifs is 1. The highest BCUT2D eigenvalue weighted by Gasteiger charge is 2.19. The normalized spacial score (nSPS) is 16.9. The lowest BCUT2D eigenvalue weighted by Crippen LogP contribution is -2.48. The zero-order valence-electron chi connectivity index (χ0n) is 16.1. The third-order valence-corrected chi connectivity index (χ3v) is 5.09. The maximum atomic E-state index is 4.45. The summed E-state index contributed by atoms with van der Waals surface area (Å²) in [5.74, 6) is 0.925. The Balaban J connectivity index is 1.38. The largest absolute Gasteiger partial charge is 0.356 e. The van der Waals surface area contributed by atoms with E-state index in [1.165, 1.54) is 44.4 Å². The minimum atomic E-state index is 0.534. The van der Waals surface area contributed by atoms with Crippen molar-refractivity contribution in [1.82, 2.24) is 25.1 Å². The molecule has 1 aromatic heterocycles. The number of benzene rings is 1. The van der Waals surface area contributed by atoms with E-state index in [2.05, 4.69) is 55.2 Å². The molecule has 2 heterocycles. The van der Waals surface area contributed by atoms with E-state index in [9.17, 15) is 0 Å². The molecule has 0 radical (unpaired) electrons. The molecular weight excluding hydrogens is 324 g/mol. The summed E-state index contributed by atoms with van der Waals surface area (Å²) in [7, 11) is 1.85. The highest BCUT2D eigenvalue weighted by molar-refractivity contribution is 5.80. The number of para-hydroxylation sites is 2. The van der Waals surface area contributed by atoms with Gasteiger partial charge in [0.25, 0.3) is 0 Å². The van der Waals surface area contributed by atoms with Gasteiger partial charge in [-0.3, -0.25) is 4.99 Å². The van der Waals surface area contributed by atoms with Crippen molar-refractivity contribution in [2.45, 2.75) is 45.2 Å². The molecule has 1 fully saturated rings. The molecule has 6 nitrogen and oxygen atoms in total. The van der Waals surface area contributed by atoms with Gasteiger partial charge in [-0.15, -0.1) is 0 Å². The van der Waals surface area contributed by atoms with Gasteiger partial charge in [0.05, 0.1) is 17.4 Å². The Labute approximate surface area is 156 Å². The second-order valence-electron chi connectivity index (χ2n) is 7.04. The summed E-state index contributed by atoms with van der Waals surface area (Å²) in [6, 6.07) is 8.81. The molecule has 1 aliphatic rings. The summed E-state index contributed by atoms with van der Waals surface area (Å²) in [5, 5.41) is 7.04. The number of guanidine groups is 1. The van der Waals surface area contributed by atoms with Crippen LogP contribution in [0.4, 0.5) is 0 Å². The van der Waals surface area contributed by atoms with Crippen molar-refractivity contribution in [3.8, 4) is 0 Å². The number of nitrogens with zero attached hydrogens (tertiary/aromatic N) is 4. The van der Waals surface area contributed by atoms with E-state index in [0.29, 0.717) is 6.04 Å². The standard InChI is InChI=1S/C20H32N6/c1-3-12-25-14-9-17(10-15-25)24-20(21-2)22-11-6-13-26-16-23-18-7-4-5-8-19(18)26/h4-5,7-8,16-17H,3,6,9-15H2,1-2H3,(H2,21,22,24). The van der Waals surface area contributed by atoms with Crippen LogP contribution in [0.1, 0.15) is 32.6 Å². The fraction of sp³-hybridized carbons (Fsp3) is 0.600. The lowest BCUT2D eigenvalue weighted by molar-refractivity contribution is 0.206. The predicted molar refractivity (Wildman–Crippen MR) is 109 cm³/mol. The van der Waals surface area contributed by atoms with Gasteiger partial charge in [0.15, 0.2) is 5.96 Å². The maximum Gasteiger partial charge on any atom is 0.191 e.